The highest BCUT2D eigenvalue weighted by Crippen LogP contribution is 2.28. The fourth-order valence-corrected chi connectivity index (χ4v) is 4.82. The van der Waals surface area contributed by atoms with Gasteiger partial charge in [0.05, 0.1) is 11.5 Å². The maximum atomic E-state index is 12.4. The summed E-state index contributed by atoms with van der Waals surface area (Å²) in [6, 6.07) is 6.97. The van der Waals surface area contributed by atoms with Crippen LogP contribution in [0.3, 0.4) is 0 Å². The molecule has 2 rings (SSSR count). The third kappa shape index (κ3) is 7.60. The van der Waals surface area contributed by atoms with Crippen LogP contribution >= 0.6 is 0 Å². The molecule has 29 heavy (non-hydrogen) atoms. The van der Waals surface area contributed by atoms with E-state index in [0.717, 1.165) is 24.0 Å². The van der Waals surface area contributed by atoms with Gasteiger partial charge in [0.25, 0.3) is 0 Å². The lowest BCUT2D eigenvalue weighted by atomic mass is 9.83. The smallest absolute Gasteiger partial charge is 0.240 e. The molecule has 0 aromatic heterocycles. The predicted molar refractivity (Wildman–Crippen MR) is 117 cm³/mol. The molecule has 2 N–H and O–H groups in total. The van der Waals surface area contributed by atoms with Crippen LogP contribution in [-0.4, -0.2) is 60.2 Å². The fraction of sp³-hybridized carbons (Fsp3) is 0.667. The highest BCUT2D eigenvalue weighted by Gasteiger charge is 2.20. The van der Waals surface area contributed by atoms with Crippen LogP contribution in [0, 0.1) is 11.8 Å². The van der Waals surface area contributed by atoms with E-state index < -0.39 is 10.0 Å². The molecule has 0 bridgehead atoms. The maximum absolute atomic E-state index is 12.4. The van der Waals surface area contributed by atoms with Gasteiger partial charge in [0.2, 0.25) is 10.0 Å². The number of nitrogens with one attached hydrogen (secondary N) is 2. The van der Waals surface area contributed by atoms with Crippen LogP contribution < -0.4 is 10.0 Å². The monoisotopic (exact) mass is 424 g/mol. The summed E-state index contributed by atoms with van der Waals surface area (Å²) in [5, 5.41) is 3.36. The Morgan fingerprint density at radius 2 is 2.00 bits per heavy atom. The lowest BCUT2D eigenvalue weighted by molar-refractivity contribution is 0.204. The number of sulfonamides is 1. The van der Waals surface area contributed by atoms with Crippen molar-refractivity contribution in [2.45, 2.75) is 44.0 Å². The topological polar surface area (TPSA) is 83.0 Å². The van der Waals surface area contributed by atoms with E-state index in [1.54, 1.807) is 32.4 Å². The summed E-state index contributed by atoms with van der Waals surface area (Å²) in [6.07, 6.45) is 5.17. The molecule has 1 fully saturated rings. The number of guanidine groups is 1. The zero-order valence-electron chi connectivity index (χ0n) is 18.1. The highest BCUT2D eigenvalue weighted by molar-refractivity contribution is 7.89. The molecule has 1 aliphatic carbocycles. The van der Waals surface area contributed by atoms with Crippen molar-refractivity contribution in [3.05, 3.63) is 29.8 Å². The van der Waals surface area contributed by atoms with Crippen LogP contribution in [0.5, 0.6) is 0 Å². The van der Waals surface area contributed by atoms with Gasteiger partial charge in [-0.05, 0) is 42.4 Å². The van der Waals surface area contributed by atoms with Crippen molar-refractivity contribution in [1.29, 1.82) is 0 Å². The van der Waals surface area contributed by atoms with Crippen molar-refractivity contribution >= 4 is 16.0 Å². The first-order valence-corrected chi connectivity index (χ1v) is 11.8. The van der Waals surface area contributed by atoms with Crippen LogP contribution in [-0.2, 0) is 21.3 Å². The maximum Gasteiger partial charge on any atom is 0.240 e. The average molecular weight is 425 g/mol. The van der Waals surface area contributed by atoms with E-state index >= 15 is 0 Å². The molecule has 164 valence electrons. The van der Waals surface area contributed by atoms with Gasteiger partial charge >= 0.3 is 0 Å². The van der Waals surface area contributed by atoms with Gasteiger partial charge in [-0.1, -0.05) is 31.9 Å². The van der Waals surface area contributed by atoms with Gasteiger partial charge in [-0.2, -0.15) is 0 Å². The number of hydrogen-bond acceptors (Lipinski definition) is 4. The van der Waals surface area contributed by atoms with Crippen molar-refractivity contribution in [3.8, 4) is 0 Å². The van der Waals surface area contributed by atoms with Crippen molar-refractivity contribution in [2.24, 2.45) is 16.8 Å². The van der Waals surface area contributed by atoms with Crippen LogP contribution in [0.25, 0.3) is 0 Å². The predicted octanol–water partition coefficient (Wildman–Crippen LogP) is 2.44. The first-order chi connectivity index (χ1) is 13.9. The Bertz CT molecular complexity index is 759. The van der Waals surface area contributed by atoms with Crippen LogP contribution in [0.1, 0.15) is 38.2 Å². The Labute approximate surface area is 176 Å². The largest absolute Gasteiger partial charge is 0.383 e. The Balaban J connectivity index is 1.92. The second kappa shape index (κ2) is 11.5. The van der Waals surface area contributed by atoms with Gasteiger partial charge in [-0.15, -0.1) is 0 Å². The Morgan fingerprint density at radius 1 is 1.28 bits per heavy atom. The van der Waals surface area contributed by atoms with E-state index in [1.165, 1.54) is 25.7 Å². The van der Waals surface area contributed by atoms with E-state index in [1.807, 2.05) is 6.07 Å². The molecule has 1 aliphatic rings. The fourth-order valence-electron chi connectivity index (χ4n) is 3.74. The van der Waals surface area contributed by atoms with Gasteiger partial charge in [-0.25, -0.2) is 13.1 Å². The number of hydrogen-bond donors (Lipinski definition) is 2. The van der Waals surface area contributed by atoms with Gasteiger partial charge in [0.15, 0.2) is 5.96 Å². The number of methoxy groups -OCH3 is 1. The molecule has 1 aromatic carbocycles. The third-order valence-corrected chi connectivity index (χ3v) is 6.96. The quantitative estimate of drug-likeness (QED) is 0.361. The van der Waals surface area contributed by atoms with E-state index in [0.29, 0.717) is 19.1 Å². The van der Waals surface area contributed by atoms with E-state index in [9.17, 15) is 8.42 Å². The summed E-state index contributed by atoms with van der Waals surface area (Å²) in [7, 11) is 1.85. The average Bonchev–Trinajstić information content (AvgIpc) is 2.70. The molecular formula is C21H36N4O3S. The molecular weight excluding hydrogens is 388 g/mol. The second-order valence-corrected chi connectivity index (χ2v) is 9.71. The summed E-state index contributed by atoms with van der Waals surface area (Å²) in [6.45, 7) is 4.42. The van der Waals surface area contributed by atoms with Gasteiger partial charge < -0.3 is 15.0 Å². The van der Waals surface area contributed by atoms with E-state index in [4.69, 9.17) is 4.74 Å². The number of ether oxygens (including phenoxy) is 1. The zero-order valence-corrected chi connectivity index (χ0v) is 19.0. The third-order valence-electron chi connectivity index (χ3n) is 5.50. The summed E-state index contributed by atoms with van der Waals surface area (Å²) in [5.41, 5.74) is 0.889. The minimum absolute atomic E-state index is 0.249. The molecule has 0 radical (unpaired) electrons. The molecule has 1 aromatic rings. The van der Waals surface area contributed by atoms with Gasteiger partial charge in [0.1, 0.15) is 0 Å². The first kappa shape index (κ1) is 23.6. The molecule has 0 heterocycles. The summed E-state index contributed by atoms with van der Waals surface area (Å²) >= 11 is 0. The Morgan fingerprint density at radius 3 is 2.66 bits per heavy atom. The molecule has 0 unspecified atom stereocenters. The van der Waals surface area contributed by atoms with Crippen molar-refractivity contribution in [1.82, 2.24) is 14.9 Å². The SMILES string of the molecule is CN=C(NCc1cccc(S(=O)(=O)NCCOC)c1)N(C)CC1CCC(C)CC1. The number of rotatable bonds is 9. The Hall–Kier alpha value is -1.64. The molecule has 0 saturated heterocycles. The summed E-state index contributed by atoms with van der Waals surface area (Å²) in [5.74, 6) is 2.39. The Kier molecular flexibility index (Phi) is 9.39. The van der Waals surface area contributed by atoms with Gasteiger partial charge in [0, 0.05) is 40.8 Å². The van der Waals surface area contributed by atoms with E-state index in [-0.39, 0.29) is 11.4 Å². The molecule has 8 heteroatoms. The highest BCUT2D eigenvalue weighted by atomic mass is 32.2. The van der Waals surface area contributed by atoms with Crippen molar-refractivity contribution in [3.63, 3.8) is 0 Å². The summed E-state index contributed by atoms with van der Waals surface area (Å²) in [4.78, 5) is 6.82. The lowest BCUT2D eigenvalue weighted by Crippen LogP contribution is -2.41. The number of aliphatic imine (C=N–C) groups is 1. The van der Waals surface area contributed by atoms with Crippen LogP contribution in [0.15, 0.2) is 34.2 Å². The molecule has 7 nitrogen and oxygen atoms in total. The lowest BCUT2D eigenvalue weighted by Gasteiger charge is -2.31. The standard InChI is InChI=1S/C21H36N4O3S/c1-17-8-10-18(11-9-17)16-25(3)21(22-2)23-15-19-6-5-7-20(14-19)29(26,27)24-12-13-28-4/h5-7,14,17-18,24H,8-13,15-16H2,1-4H3,(H,22,23). The number of nitrogens with zero attached hydrogens (tertiary/aromatic N) is 2. The first-order valence-electron chi connectivity index (χ1n) is 10.3. The molecule has 0 spiro atoms. The molecule has 0 aliphatic heterocycles. The minimum Gasteiger partial charge on any atom is -0.383 e. The number of benzene rings is 1. The van der Waals surface area contributed by atoms with Gasteiger partial charge in [-0.3, -0.25) is 4.99 Å². The van der Waals surface area contributed by atoms with Crippen LogP contribution in [0.4, 0.5) is 0 Å². The molecule has 1 saturated carbocycles. The molecule has 0 atom stereocenters. The van der Waals surface area contributed by atoms with Crippen molar-refractivity contribution < 1.29 is 13.2 Å². The van der Waals surface area contributed by atoms with E-state index in [2.05, 4.69) is 33.9 Å². The summed E-state index contributed by atoms with van der Waals surface area (Å²) < 4.78 is 32.2. The normalized spacial score (nSPS) is 20.5. The minimum atomic E-state index is -3.54. The molecule has 0 amide bonds. The van der Waals surface area contributed by atoms with Crippen LogP contribution in [0.2, 0.25) is 0 Å². The van der Waals surface area contributed by atoms with Crippen molar-refractivity contribution in [2.75, 3.05) is 40.9 Å². The zero-order chi connectivity index (χ0) is 21.3. The second-order valence-electron chi connectivity index (χ2n) is 7.95.